The molecule has 0 aromatic heterocycles. The molecular weight excluding hydrogens is 184 g/mol. The summed E-state index contributed by atoms with van der Waals surface area (Å²) in [5.74, 6) is 0. The minimum atomic E-state index is 0.686. The third-order valence-corrected chi connectivity index (χ3v) is 2.08. The summed E-state index contributed by atoms with van der Waals surface area (Å²) in [6, 6.07) is 0. The van der Waals surface area contributed by atoms with Crippen LogP contribution in [0.1, 0.15) is 40.5 Å². The van der Waals surface area contributed by atoms with Gasteiger partial charge in [0.25, 0.3) is 0 Å². The van der Waals surface area contributed by atoms with Crippen LogP contribution in [0.3, 0.4) is 0 Å². The van der Waals surface area contributed by atoms with Gasteiger partial charge in [0.05, 0.1) is 0 Å². The zero-order valence-electron chi connectivity index (χ0n) is 10.5. The predicted octanol–water partition coefficient (Wildman–Crippen LogP) is 3.31. The van der Waals surface area contributed by atoms with Crippen molar-refractivity contribution >= 4 is 5.71 Å². The molecule has 0 saturated carbocycles. The second-order valence-corrected chi connectivity index (χ2v) is 4.28. The summed E-state index contributed by atoms with van der Waals surface area (Å²) in [6.45, 7) is 9.81. The molecule has 2 N–H and O–H groups in total. The van der Waals surface area contributed by atoms with Crippen LogP contribution >= 0.6 is 0 Å². The molecule has 0 saturated heterocycles. The van der Waals surface area contributed by atoms with Crippen molar-refractivity contribution in [3.63, 3.8) is 0 Å². The van der Waals surface area contributed by atoms with Crippen LogP contribution < -0.4 is 5.32 Å². The summed E-state index contributed by atoms with van der Waals surface area (Å²) >= 11 is 0. The molecule has 15 heavy (non-hydrogen) atoms. The highest BCUT2D eigenvalue weighted by atomic mass is 14.9. The Labute approximate surface area is 94.0 Å². The summed E-state index contributed by atoms with van der Waals surface area (Å²) in [6.07, 6.45) is 6.75. The van der Waals surface area contributed by atoms with Gasteiger partial charge in [0.1, 0.15) is 0 Å². The smallest absolute Gasteiger partial charge is 0.0332 e. The van der Waals surface area contributed by atoms with E-state index in [-0.39, 0.29) is 0 Å². The van der Waals surface area contributed by atoms with Gasteiger partial charge in [-0.25, -0.2) is 0 Å². The zero-order valence-corrected chi connectivity index (χ0v) is 10.5. The topological polar surface area (TPSA) is 35.9 Å². The Kier molecular flexibility index (Phi) is 7.92. The summed E-state index contributed by atoms with van der Waals surface area (Å²) in [7, 11) is 0. The average Bonchev–Trinajstić information content (AvgIpc) is 2.11. The molecule has 0 atom stereocenters. The van der Waals surface area contributed by atoms with Crippen molar-refractivity contribution in [3.8, 4) is 0 Å². The highest BCUT2D eigenvalue weighted by molar-refractivity contribution is 5.80. The van der Waals surface area contributed by atoms with Gasteiger partial charge in [0.2, 0.25) is 0 Å². The Hall–Kier alpha value is -0.890. The molecule has 0 amide bonds. The van der Waals surface area contributed by atoms with Gasteiger partial charge in [-0.05, 0) is 40.5 Å². The normalized spacial score (nSPS) is 11.3. The van der Waals surface area contributed by atoms with Gasteiger partial charge in [-0.1, -0.05) is 23.3 Å². The van der Waals surface area contributed by atoms with Crippen molar-refractivity contribution in [3.05, 3.63) is 23.3 Å². The third-order valence-electron chi connectivity index (χ3n) is 2.08. The highest BCUT2D eigenvalue weighted by Crippen LogP contribution is 2.05. The first-order valence-electron chi connectivity index (χ1n) is 5.56. The number of nitrogens with one attached hydrogen (secondary N) is 2. The monoisotopic (exact) mass is 208 g/mol. The molecular formula is C13H24N2. The quantitative estimate of drug-likeness (QED) is 0.376. The molecule has 0 aromatic rings. The molecule has 0 bridgehead atoms. The Morgan fingerprint density at radius 2 is 1.80 bits per heavy atom. The highest BCUT2D eigenvalue weighted by Gasteiger charge is 1.89. The van der Waals surface area contributed by atoms with Crippen LogP contribution in [-0.2, 0) is 0 Å². The fraction of sp³-hybridized carbons (Fsp3) is 0.615. The molecule has 0 aliphatic rings. The van der Waals surface area contributed by atoms with E-state index in [4.69, 9.17) is 5.41 Å². The molecule has 0 aliphatic carbocycles. The van der Waals surface area contributed by atoms with E-state index >= 15 is 0 Å². The molecule has 2 nitrogen and oxygen atoms in total. The Morgan fingerprint density at radius 3 is 2.33 bits per heavy atom. The van der Waals surface area contributed by atoms with Crippen molar-refractivity contribution in [2.75, 3.05) is 13.1 Å². The van der Waals surface area contributed by atoms with Gasteiger partial charge in [0, 0.05) is 18.8 Å². The van der Waals surface area contributed by atoms with Crippen LogP contribution in [0, 0.1) is 5.41 Å². The lowest BCUT2D eigenvalue weighted by molar-refractivity contribution is 0.844. The van der Waals surface area contributed by atoms with Crippen LogP contribution in [0.15, 0.2) is 23.3 Å². The fourth-order valence-corrected chi connectivity index (χ4v) is 1.20. The Bertz CT molecular complexity index is 245. The maximum absolute atomic E-state index is 7.25. The first-order chi connectivity index (χ1) is 7.02. The van der Waals surface area contributed by atoms with Crippen LogP contribution in [0.4, 0.5) is 0 Å². The maximum Gasteiger partial charge on any atom is 0.0332 e. The Balaban J connectivity index is 3.61. The van der Waals surface area contributed by atoms with E-state index in [1.165, 1.54) is 11.1 Å². The van der Waals surface area contributed by atoms with E-state index in [0.717, 1.165) is 19.4 Å². The lowest BCUT2D eigenvalue weighted by Crippen LogP contribution is -2.20. The van der Waals surface area contributed by atoms with Crippen molar-refractivity contribution in [1.29, 1.82) is 5.41 Å². The van der Waals surface area contributed by atoms with Gasteiger partial charge in [-0.2, -0.15) is 0 Å². The van der Waals surface area contributed by atoms with E-state index in [1.807, 2.05) is 6.92 Å². The SMILES string of the molecule is CC(=N)CNC/C=C(\C)CCC=C(C)C. The molecule has 0 unspecified atom stereocenters. The second-order valence-electron chi connectivity index (χ2n) is 4.28. The molecule has 0 aliphatic heterocycles. The number of rotatable bonds is 7. The molecule has 0 heterocycles. The van der Waals surface area contributed by atoms with Crippen molar-refractivity contribution in [2.24, 2.45) is 0 Å². The van der Waals surface area contributed by atoms with E-state index in [0.29, 0.717) is 12.3 Å². The molecule has 86 valence electrons. The van der Waals surface area contributed by atoms with E-state index < -0.39 is 0 Å². The van der Waals surface area contributed by atoms with E-state index in [2.05, 4.69) is 38.2 Å². The molecule has 0 aromatic carbocycles. The standard InChI is InChI=1S/C13H24N2/c1-11(2)6-5-7-12(3)8-9-15-10-13(4)14/h6,8,14-15H,5,7,9-10H2,1-4H3/b12-8+,14-13?. The van der Waals surface area contributed by atoms with Crippen LogP contribution in [0.2, 0.25) is 0 Å². The molecule has 0 rings (SSSR count). The van der Waals surface area contributed by atoms with Crippen LogP contribution in [-0.4, -0.2) is 18.8 Å². The molecule has 0 fully saturated rings. The molecule has 0 radical (unpaired) electrons. The van der Waals surface area contributed by atoms with Gasteiger partial charge in [0.15, 0.2) is 0 Å². The summed E-state index contributed by atoms with van der Waals surface area (Å²) < 4.78 is 0. The minimum Gasteiger partial charge on any atom is -0.309 e. The predicted molar refractivity (Wildman–Crippen MR) is 68.7 cm³/mol. The van der Waals surface area contributed by atoms with Gasteiger partial charge >= 0.3 is 0 Å². The first-order valence-corrected chi connectivity index (χ1v) is 5.56. The second kappa shape index (κ2) is 8.42. The summed E-state index contributed by atoms with van der Waals surface area (Å²) in [4.78, 5) is 0. The van der Waals surface area contributed by atoms with Gasteiger partial charge in [-0.3, -0.25) is 0 Å². The lowest BCUT2D eigenvalue weighted by atomic mass is 10.1. The fourth-order valence-electron chi connectivity index (χ4n) is 1.20. The van der Waals surface area contributed by atoms with Crippen molar-refractivity contribution in [1.82, 2.24) is 5.32 Å². The van der Waals surface area contributed by atoms with Crippen molar-refractivity contribution < 1.29 is 0 Å². The third kappa shape index (κ3) is 11.0. The van der Waals surface area contributed by atoms with Crippen molar-refractivity contribution in [2.45, 2.75) is 40.5 Å². The van der Waals surface area contributed by atoms with Gasteiger partial charge < -0.3 is 10.7 Å². The van der Waals surface area contributed by atoms with E-state index in [9.17, 15) is 0 Å². The number of allylic oxidation sites excluding steroid dienone is 3. The van der Waals surface area contributed by atoms with E-state index in [1.54, 1.807) is 0 Å². The van der Waals surface area contributed by atoms with Gasteiger partial charge in [-0.15, -0.1) is 0 Å². The van der Waals surface area contributed by atoms with Crippen LogP contribution in [0.25, 0.3) is 0 Å². The zero-order chi connectivity index (χ0) is 11.7. The minimum absolute atomic E-state index is 0.686. The average molecular weight is 208 g/mol. The summed E-state index contributed by atoms with van der Waals surface area (Å²) in [5.41, 5.74) is 3.49. The maximum atomic E-state index is 7.25. The van der Waals surface area contributed by atoms with Crippen LogP contribution in [0.5, 0.6) is 0 Å². The molecule has 0 spiro atoms. The first kappa shape index (κ1) is 14.1. The summed E-state index contributed by atoms with van der Waals surface area (Å²) in [5, 5.41) is 10.4. The molecule has 2 heteroatoms. The number of hydrogen-bond donors (Lipinski definition) is 2. The number of hydrogen-bond acceptors (Lipinski definition) is 2. The largest absolute Gasteiger partial charge is 0.309 e. The lowest BCUT2D eigenvalue weighted by Gasteiger charge is -2.01. The Morgan fingerprint density at radius 1 is 1.13 bits per heavy atom.